The van der Waals surface area contributed by atoms with E-state index < -0.39 is 0 Å². The Labute approximate surface area is 119 Å². The fourth-order valence-electron chi connectivity index (χ4n) is 1.82. The topological polar surface area (TPSA) is 70.1 Å². The van der Waals surface area contributed by atoms with Crippen LogP contribution < -0.4 is 5.43 Å². The highest BCUT2D eigenvalue weighted by Gasteiger charge is 2.07. The number of fused-ring (bicyclic) bond motifs is 1. The molecule has 100 valence electrons. The van der Waals surface area contributed by atoms with E-state index in [0.717, 1.165) is 21.6 Å². The van der Waals surface area contributed by atoms with Gasteiger partial charge in [-0.3, -0.25) is 4.79 Å². The number of hydrogen-bond donors (Lipinski definition) is 2. The Hall–Kier alpha value is -2.47. The Morgan fingerprint density at radius 2 is 2.30 bits per heavy atom. The SMILES string of the molecule is C/C(=N/NC(=O)c1ccc2nc[nH]c2c1)c1cccs1. The molecular formula is C14H12N4OS. The van der Waals surface area contributed by atoms with Crippen LogP contribution >= 0.6 is 11.3 Å². The van der Waals surface area contributed by atoms with E-state index in [9.17, 15) is 4.79 Å². The molecule has 0 radical (unpaired) electrons. The monoisotopic (exact) mass is 284 g/mol. The molecule has 0 unspecified atom stereocenters. The van der Waals surface area contributed by atoms with Crippen LogP contribution in [0, 0.1) is 0 Å². The molecule has 0 aliphatic rings. The van der Waals surface area contributed by atoms with Crippen LogP contribution in [0.5, 0.6) is 0 Å². The molecule has 0 fully saturated rings. The van der Waals surface area contributed by atoms with Gasteiger partial charge in [-0.05, 0) is 36.6 Å². The van der Waals surface area contributed by atoms with Gasteiger partial charge in [0.05, 0.1) is 23.1 Å². The predicted molar refractivity (Wildman–Crippen MR) is 80.1 cm³/mol. The Morgan fingerprint density at radius 3 is 3.10 bits per heavy atom. The first-order valence-corrected chi connectivity index (χ1v) is 6.93. The van der Waals surface area contributed by atoms with E-state index in [0.29, 0.717) is 5.56 Å². The number of imidazole rings is 1. The molecule has 1 amide bonds. The molecule has 2 aromatic heterocycles. The molecule has 0 spiro atoms. The minimum Gasteiger partial charge on any atom is -0.345 e. The van der Waals surface area contributed by atoms with Crippen molar-refractivity contribution in [3.05, 3.63) is 52.5 Å². The van der Waals surface area contributed by atoms with Crippen molar-refractivity contribution in [1.29, 1.82) is 0 Å². The van der Waals surface area contributed by atoms with E-state index in [4.69, 9.17) is 0 Å². The average Bonchev–Trinajstić information content (AvgIpc) is 3.13. The summed E-state index contributed by atoms with van der Waals surface area (Å²) in [5.74, 6) is -0.239. The number of carbonyl (C=O) groups is 1. The summed E-state index contributed by atoms with van der Waals surface area (Å²) in [5, 5.41) is 6.09. The molecule has 2 N–H and O–H groups in total. The summed E-state index contributed by atoms with van der Waals surface area (Å²) in [6.07, 6.45) is 1.60. The number of nitrogens with zero attached hydrogens (tertiary/aromatic N) is 2. The van der Waals surface area contributed by atoms with E-state index in [1.54, 1.807) is 35.9 Å². The number of thiophene rings is 1. The molecule has 0 aliphatic carbocycles. The van der Waals surface area contributed by atoms with E-state index in [1.165, 1.54) is 0 Å². The van der Waals surface area contributed by atoms with Gasteiger partial charge in [0.1, 0.15) is 0 Å². The van der Waals surface area contributed by atoms with Gasteiger partial charge < -0.3 is 4.98 Å². The van der Waals surface area contributed by atoms with Crippen molar-refractivity contribution in [2.45, 2.75) is 6.92 Å². The first kappa shape index (κ1) is 12.6. The van der Waals surface area contributed by atoms with Crippen LogP contribution in [-0.4, -0.2) is 21.6 Å². The van der Waals surface area contributed by atoms with Crippen LogP contribution in [-0.2, 0) is 0 Å². The van der Waals surface area contributed by atoms with Gasteiger partial charge in [-0.1, -0.05) is 6.07 Å². The quantitative estimate of drug-likeness (QED) is 0.573. The fourth-order valence-corrected chi connectivity index (χ4v) is 2.49. The molecule has 1 aromatic carbocycles. The van der Waals surface area contributed by atoms with Gasteiger partial charge in [-0.2, -0.15) is 5.10 Å². The number of carbonyl (C=O) groups excluding carboxylic acids is 1. The molecular weight excluding hydrogens is 272 g/mol. The Bertz CT molecular complexity index is 773. The summed E-state index contributed by atoms with van der Waals surface area (Å²) < 4.78 is 0. The van der Waals surface area contributed by atoms with Crippen molar-refractivity contribution in [2.75, 3.05) is 0 Å². The minimum atomic E-state index is -0.239. The third kappa shape index (κ3) is 2.46. The standard InChI is InChI=1S/C14H12N4OS/c1-9(13-3-2-6-20-13)17-18-14(19)10-4-5-11-12(7-10)16-8-15-11/h2-8H,1H3,(H,15,16)(H,18,19)/b17-9-. The lowest BCUT2D eigenvalue weighted by Crippen LogP contribution is -2.19. The van der Waals surface area contributed by atoms with Crippen molar-refractivity contribution in [3.63, 3.8) is 0 Å². The largest absolute Gasteiger partial charge is 0.345 e. The molecule has 0 bridgehead atoms. The zero-order valence-electron chi connectivity index (χ0n) is 10.8. The van der Waals surface area contributed by atoms with Crippen LogP contribution in [0.2, 0.25) is 0 Å². The van der Waals surface area contributed by atoms with Gasteiger partial charge in [0, 0.05) is 10.4 Å². The summed E-state index contributed by atoms with van der Waals surface area (Å²) in [6, 6.07) is 9.21. The molecule has 0 aliphatic heterocycles. The lowest BCUT2D eigenvalue weighted by Gasteiger charge is -2.01. The zero-order valence-corrected chi connectivity index (χ0v) is 11.6. The number of nitrogens with one attached hydrogen (secondary N) is 2. The third-order valence-corrected chi connectivity index (χ3v) is 3.86. The smallest absolute Gasteiger partial charge is 0.271 e. The number of rotatable bonds is 3. The maximum absolute atomic E-state index is 12.0. The Kier molecular flexibility index (Phi) is 3.30. The number of hydrazone groups is 1. The lowest BCUT2D eigenvalue weighted by atomic mass is 10.2. The highest BCUT2D eigenvalue weighted by molar-refractivity contribution is 7.12. The van der Waals surface area contributed by atoms with Gasteiger partial charge in [-0.25, -0.2) is 10.4 Å². The second-order valence-electron chi connectivity index (χ2n) is 4.25. The fraction of sp³-hybridized carbons (Fsp3) is 0.0714. The van der Waals surface area contributed by atoms with Crippen molar-refractivity contribution >= 4 is 34.0 Å². The van der Waals surface area contributed by atoms with Gasteiger partial charge in [0.2, 0.25) is 0 Å². The normalized spacial score (nSPS) is 11.8. The Balaban J connectivity index is 1.77. The third-order valence-electron chi connectivity index (χ3n) is 2.89. The molecule has 0 saturated carbocycles. The van der Waals surface area contributed by atoms with E-state index in [2.05, 4.69) is 20.5 Å². The van der Waals surface area contributed by atoms with Gasteiger partial charge >= 0.3 is 0 Å². The maximum atomic E-state index is 12.0. The summed E-state index contributed by atoms with van der Waals surface area (Å²) in [5.41, 5.74) is 5.56. The number of H-pyrrole nitrogens is 1. The number of aromatic amines is 1. The Morgan fingerprint density at radius 1 is 1.40 bits per heavy atom. The second-order valence-corrected chi connectivity index (χ2v) is 5.20. The summed E-state index contributed by atoms with van der Waals surface area (Å²) in [4.78, 5) is 20.2. The predicted octanol–water partition coefficient (Wildman–Crippen LogP) is 2.78. The molecule has 5 nitrogen and oxygen atoms in total. The van der Waals surface area contributed by atoms with Gasteiger partial charge in [0.25, 0.3) is 5.91 Å². The lowest BCUT2D eigenvalue weighted by molar-refractivity contribution is 0.0955. The summed E-state index contributed by atoms with van der Waals surface area (Å²) >= 11 is 1.59. The van der Waals surface area contributed by atoms with E-state index in [1.807, 2.05) is 24.4 Å². The van der Waals surface area contributed by atoms with Crippen molar-refractivity contribution in [3.8, 4) is 0 Å². The number of benzene rings is 1. The number of hydrogen-bond acceptors (Lipinski definition) is 4. The summed E-state index contributed by atoms with van der Waals surface area (Å²) in [6.45, 7) is 1.87. The van der Waals surface area contributed by atoms with Crippen molar-refractivity contribution in [2.24, 2.45) is 5.10 Å². The first-order valence-electron chi connectivity index (χ1n) is 6.06. The van der Waals surface area contributed by atoms with Crippen LogP contribution in [0.3, 0.4) is 0 Å². The molecule has 20 heavy (non-hydrogen) atoms. The van der Waals surface area contributed by atoms with Gasteiger partial charge in [0.15, 0.2) is 0 Å². The molecule has 2 heterocycles. The van der Waals surface area contributed by atoms with Crippen LogP contribution in [0.15, 0.2) is 47.1 Å². The zero-order chi connectivity index (χ0) is 13.9. The van der Waals surface area contributed by atoms with Crippen molar-refractivity contribution in [1.82, 2.24) is 15.4 Å². The number of amides is 1. The maximum Gasteiger partial charge on any atom is 0.271 e. The number of aromatic nitrogens is 2. The highest BCUT2D eigenvalue weighted by atomic mass is 32.1. The average molecular weight is 284 g/mol. The molecule has 0 saturated heterocycles. The summed E-state index contributed by atoms with van der Waals surface area (Å²) in [7, 11) is 0. The van der Waals surface area contributed by atoms with Crippen LogP contribution in [0.25, 0.3) is 11.0 Å². The first-order chi connectivity index (χ1) is 9.74. The molecule has 3 aromatic rings. The van der Waals surface area contributed by atoms with E-state index in [-0.39, 0.29) is 5.91 Å². The second kappa shape index (κ2) is 5.26. The van der Waals surface area contributed by atoms with Crippen LogP contribution in [0.4, 0.5) is 0 Å². The van der Waals surface area contributed by atoms with Gasteiger partial charge in [-0.15, -0.1) is 11.3 Å². The molecule has 3 rings (SSSR count). The van der Waals surface area contributed by atoms with Crippen LogP contribution in [0.1, 0.15) is 22.2 Å². The molecule has 6 heteroatoms. The van der Waals surface area contributed by atoms with E-state index >= 15 is 0 Å². The molecule has 0 atom stereocenters. The minimum absolute atomic E-state index is 0.239. The van der Waals surface area contributed by atoms with Crippen molar-refractivity contribution < 1.29 is 4.79 Å². The highest BCUT2D eigenvalue weighted by Crippen LogP contribution is 2.12.